The predicted molar refractivity (Wildman–Crippen MR) is 80.9 cm³/mol. The SMILES string of the molecule is N#Cc1ccc2c3c1CCCC3CC(Cn1ccnc1)C2. The highest BCUT2D eigenvalue weighted by molar-refractivity contribution is 5.50. The third kappa shape index (κ3) is 2.15. The molecule has 2 atom stereocenters. The zero-order valence-corrected chi connectivity index (χ0v) is 12.1. The van der Waals surface area contributed by atoms with Crippen molar-refractivity contribution in [2.45, 2.75) is 44.6 Å². The quantitative estimate of drug-likeness (QED) is 0.843. The molecular formula is C18H19N3. The molecule has 0 spiro atoms. The molecule has 2 aliphatic carbocycles. The molecule has 0 bridgehead atoms. The van der Waals surface area contributed by atoms with E-state index in [1.165, 1.54) is 36.0 Å². The molecule has 0 N–H and O–H groups in total. The Morgan fingerprint density at radius 2 is 2.33 bits per heavy atom. The van der Waals surface area contributed by atoms with E-state index in [1.807, 2.05) is 18.6 Å². The summed E-state index contributed by atoms with van der Waals surface area (Å²) in [6.45, 7) is 1.06. The average Bonchev–Trinajstić information content (AvgIpc) is 3.01. The van der Waals surface area contributed by atoms with E-state index in [9.17, 15) is 5.26 Å². The molecule has 2 aliphatic rings. The minimum absolute atomic E-state index is 0.666. The van der Waals surface area contributed by atoms with E-state index in [-0.39, 0.29) is 0 Å². The van der Waals surface area contributed by atoms with Crippen LogP contribution in [0.1, 0.15) is 47.4 Å². The summed E-state index contributed by atoms with van der Waals surface area (Å²) >= 11 is 0. The molecule has 3 nitrogen and oxygen atoms in total. The van der Waals surface area contributed by atoms with Crippen molar-refractivity contribution in [3.05, 3.63) is 53.1 Å². The number of hydrogen-bond donors (Lipinski definition) is 0. The Morgan fingerprint density at radius 3 is 3.14 bits per heavy atom. The van der Waals surface area contributed by atoms with Crippen LogP contribution < -0.4 is 0 Å². The van der Waals surface area contributed by atoms with Gasteiger partial charge in [-0.2, -0.15) is 5.26 Å². The van der Waals surface area contributed by atoms with Gasteiger partial charge in [0.25, 0.3) is 0 Å². The summed E-state index contributed by atoms with van der Waals surface area (Å²) in [7, 11) is 0. The lowest BCUT2D eigenvalue weighted by Crippen LogP contribution is -2.26. The molecule has 106 valence electrons. The Hall–Kier alpha value is -2.08. The Bertz CT molecular complexity index is 694. The number of benzene rings is 1. The van der Waals surface area contributed by atoms with Crippen LogP contribution in [0.15, 0.2) is 30.9 Å². The highest BCUT2D eigenvalue weighted by Gasteiger charge is 2.32. The number of nitriles is 1. The Morgan fingerprint density at radius 1 is 1.38 bits per heavy atom. The van der Waals surface area contributed by atoms with Crippen LogP contribution >= 0.6 is 0 Å². The monoisotopic (exact) mass is 277 g/mol. The largest absolute Gasteiger partial charge is 0.337 e. The first kappa shape index (κ1) is 12.6. The number of nitrogens with zero attached hydrogens (tertiary/aromatic N) is 3. The molecule has 1 aromatic heterocycles. The summed E-state index contributed by atoms with van der Waals surface area (Å²) in [5, 5.41) is 9.32. The maximum atomic E-state index is 9.32. The zero-order chi connectivity index (χ0) is 14.2. The fourth-order valence-corrected chi connectivity index (χ4v) is 4.31. The molecule has 1 heterocycles. The molecule has 2 aromatic rings. The number of imidazole rings is 1. The van der Waals surface area contributed by atoms with Crippen LogP contribution in [0.2, 0.25) is 0 Å². The molecule has 0 aliphatic heterocycles. The van der Waals surface area contributed by atoms with Crippen LogP contribution in [0.25, 0.3) is 0 Å². The van der Waals surface area contributed by atoms with Crippen molar-refractivity contribution in [2.75, 3.05) is 0 Å². The van der Waals surface area contributed by atoms with Crippen molar-refractivity contribution >= 4 is 0 Å². The fourth-order valence-electron chi connectivity index (χ4n) is 4.31. The standard InChI is InChI=1S/C18H19N3/c19-10-16-5-4-15-9-13(11-21-7-6-20-12-21)8-14-2-1-3-17(16)18(14)15/h4-7,12-14H,1-3,8-9,11H2. The minimum atomic E-state index is 0.666. The van der Waals surface area contributed by atoms with Crippen LogP contribution in [0.3, 0.4) is 0 Å². The molecule has 0 saturated heterocycles. The van der Waals surface area contributed by atoms with Crippen molar-refractivity contribution in [1.29, 1.82) is 5.26 Å². The van der Waals surface area contributed by atoms with E-state index >= 15 is 0 Å². The van der Waals surface area contributed by atoms with Crippen molar-refractivity contribution < 1.29 is 0 Å². The van der Waals surface area contributed by atoms with Gasteiger partial charge in [-0.25, -0.2) is 4.98 Å². The Labute approximate surface area is 125 Å². The molecule has 0 radical (unpaired) electrons. The summed E-state index contributed by atoms with van der Waals surface area (Å²) in [6, 6.07) is 6.63. The number of hydrogen-bond acceptors (Lipinski definition) is 2. The predicted octanol–water partition coefficient (Wildman–Crippen LogP) is 3.44. The van der Waals surface area contributed by atoms with E-state index < -0.39 is 0 Å². The van der Waals surface area contributed by atoms with Gasteiger partial charge in [0.15, 0.2) is 0 Å². The lowest BCUT2D eigenvalue weighted by molar-refractivity contribution is 0.334. The fraction of sp³-hybridized carbons (Fsp3) is 0.444. The molecule has 0 fully saturated rings. The summed E-state index contributed by atoms with van der Waals surface area (Å²) in [6.07, 6.45) is 11.8. The number of rotatable bonds is 2. The second-order valence-corrected chi connectivity index (χ2v) is 6.43. The molecule has 2 unspecified atom stereocenters. The van der Waals surface area contributed by atoms with Gasteiger partial charge < -0.3 is 4.57 Å². The van der Waals surface area contributed by atoms with Crippen LogP contribution in [0.4, 0.5) is 0 Å². The third-order valence-electron chi connectivity index (χ3n) is 5.11. The van der Waals surface area contributed by atoms with Gasteiger partial charge >= 0.3 is 0 Å². The molecule has 1 aromatic carbocycles. The van der Waals surface area contributed by atoms with Gasteiger partial charge in [0.1, 0.15) is 0 Å². The molecule has 3 heteroatoms. The van der Waals surface area contributed by atoms with Gasteiger partial charge in [-0.1, -0.05) is 6.07 Å². The summed E-state index contributed by atoms with van der Waals surface area (Å²) in [4.78, 5) is 4.15. The minimum Gasteiger partial charge on any atom is -0.337 e. The second kappa shape index (κ2) is 5.04. The van der Waals surface area contributed by atoms with Gasteiger partial charge in [-0.15, -0.1) is 0 Å². The highest BCUT2D eigenvalue weighted by atomic mass is 15.0. The summed E-state index contributed by atoms with van der Waals surface area (Å²) < 4.78 is 2.20. The summed E-state index contributed by atoms with van der Waals surface area (Å²) in [5.74, 6) is 1.36. The lowest BCUT2D eigenvalue weighted by atomic mass is 9.69. The normalized spacial score (nSPS) is 23.4. The van der Waals surface area contributed by atoms with Crippen LogP contribution in [-0.4, -0.2) is 9.55 Å². The third-order valence-corrected chi connectivity index (χ3v) is 5.11. The molecule has 4 rings (SSSR count). The van der Waals surface area contributed by atoms with Crippen LogP contribution in [0.5, 0.6) is 0 Å². The average molecular weight is 277 g/mol. The molecule has 21 heavy (non-hydrogen) atoms. The van der Waals surface area contributed by atoms with E-state index in [4.69, 9.17) is 0 Å². The Kier molecular flexibility index (Phi) is 3.03. The van der Waals surface area contributed by atoms with Crippen molar-refractivity contribution in [2.24, 2.45) is 5.92 Å². The first-order valence-corrected chi connectivity index (χ1v) is 7.85. The van der Waals surface area contributed by atoms with Crippen molar-refractivity contribution in [3.8, 4) is 6.07 Å². The maximum Gasteiger partial charge on any atom is 0.0994 e. The first-order valence-electron chi connectivity index (χ1n) is 7.85. The second-order valence-electron chi connectivity index (χ2n) is 6.43. The molecule has 0 amide bonds. The zero-order valence-electron chi connectivity index (χ0n) is 12.1. The van der Waals surface area contributed by atoms with Crippen LogP contribution in [0, 0.1) is 17.2 Å². The van der Waals surface area contributed by atoms with Gasteiger partial charge in [0.05, 0.1) is 18.0 Å². The van der Waals surface area contributed by atoms with Crippen molar-refractivity contribution in [3.63, 3.8) is 0 Å². The van der Waals surface area contributed by atoms with Gasteiger partial charge in [-0.3, -0.25) is 0 Å². The van der Waals surface area contributed by atoms with E-state index in [1.54, 1.807) is 0 Å². The lowest BCUT2D eigenvalue weighted by Gasteiger charge is -2.36. The topological polar surface area (TPSA) is 41.6 Å². The highest BCUT2D eigenvalue weighted by Crippen LogP contribution is 2.44. The smallest absolute Gasteiger partial charge is 0.0994 e. The number of aromatic nitrogens is 2. The molecular weight excluding hydrogens is 258 g/mol. The molecule has 0 saturated carbocycles. The van der Waals surface area contributed by atoms with E-state index in [0.717, 1.165) is 24.9 Å². The van der Waals surface area contributed by atoms with Crippen molar-refractivity contribution in [1.82, 2.24) is 9.55 Å². The van der Waals surface area contributed by atoms with Gasteiger partial charge in [0, 0.05) is 18.9 Å². The van der Waals surface area contributed by atoms with Gasteiger partial charge in [-0.05, 0) is 66.7 Å². The van der Waals surface area contributed by atoms with Gasteiger partial charge in [0.2, 0.25) is 0 Å². The first-order chi connectivity index (χ1) is 10.3. The van der Waals surface area contributed by atoms with E-state index in [2.05, 4.69) is 27.9 Å². The summed E-state index contributed by atoms with van der Waals surface area (Å²) in [5.41, 5.74) is 5.28. The van der Waals surface area contributed by atoms with Crippen LogP contribution in [-0.2, 0) is 19.4 Å². The Balaban J connectivity index is 1.68. The maximum absolute atomic E-state index is 9.32. The van der Waals surface area contributed by atoms with E-state index in [0.29, 0.717) is 11.8 Å².